The Balaban J connectivity index is 1.40. The van der Waals surface area contributed by atoms with Gasteiger partial charge in [-0.2, -0.15) is 0 Å². The molecule has 3 heterocycles. The van der Waals surface area contributed by atoms with Gasteiger partial charge >= 0.3 is 0 Å². The molecule has 0 unspecified atom stereocenters. The minimum absolute atomic E-state index is 0.0217. The van der Waals surface area contributed by atoms with Gasteiger partial charge in [0, 0.05) is 17.8 Å². The van der Waals surface area contributed by atoms with Crippen LogP contribution in [0.5, 0.6) is 5.88 Å². The molecule has 3 aromatic rings. The maximum absolute atomic E-state index is 12.5. The van der Waals surface area contributed by atoms with Crippen molar-refractivity contribution in [3.63, 3.8) is 0 Å². The third kappa shape index (κ3) is 2.81. The van der Waals surface area contributed by atoms with Crippen molar-refractivity contribution in [2.24, 2.45) is 0 Å². The van der Waals surface area contributed by atoms with Crippen molar-refractivity contribution in [3.8, 4) is 11.6 Å². The smallest absolute Gasteiger partial charge is 0.254 e. The third-order valence-corrected chi connectivity index (χ3v) is 3.77. The number of rotatable bonds is 4. The van der Waals surface area contributed by atoms with Crippen molar-refractivity contribution in [1.82, 2.24) is 30.1 Å². The first kappa shape index (κ1) is 14.3. The summed E-state index contributed by atoms with van der Waals surface area (Å²) in [4.78, 5) is 18.4. The number of aromatic nitrogens is 5. The summed E-state index contributed by atoms with van der Waals surface area (Å²) < 4.78 is 7.23. The van der Waals surface area contributed by atoms with Gasteiger partial charge in [-0.15, -0.1) is 5.10 Å². The lowest BCUT2D eigenvalue weighted by Crippen LogP contribution is -2.56. The summed E-state index contributed by atoms with van der Waals surface area (Å²) in [5.41, 5.74) is 1.34. The average molecular weight is 322 g/mol. The molecule has 0 N–H and O–H groups in total. The second kappa shape index (κ2) is 6.07. The Bertz CT molecular complexity index is 831. The summed E-state index contributed by atoms with van der Waals surface area (Å²) >= 11 is 0. The molecule has 0 saturated carbocycles. The highest BCUT2D eigenvalue weighted by Gasteiger charge is 2.33. The van der Waals surface area contributed by atoms with Gasteiger partial charge in [0.25, 0.3) is 5.91 Å². The van der Waals surface area contributed by atoms with Crippen molar-refractivity contribution < 1.29 is 9.53 Å². The Morgan fingerprint density at radius 3 is 2.83 bits per heavy atom. The second-order valence-corrected chi connectivity index (χ2v) is 5.42. The Kier molecular flexibility index (Phi) is 3.62. The van der Waals surface area contributed by atoms with Gasteiger partial charge in [0.2, 0.25) is 5.88 Å². The van der Waals surface area contributed by atoms with Crippen LogP contribution in [0.15, 0.2) is 55.0 Å². The van der Waals surface area contributed by atoms with E-state index in [0.29, 0.717) is 24.5 Å². The van der Waals surface area contributed by atoms with E-state index in [2.05, 4.69) is 20.5 Å². The largest absolute Gasteiger partial charge is 0.471 e. The van der Waals surface area contributed by atoms with Crippen LogP contribution in [-0.2, 0) is 0 Å². The summed E-state index contributed by atoms with van der Waals surface area (Å²) in [6, 6.07) is 12.7. The molecule has 1 aromatic carbocycles. The zero-order valence-corrected chi connectivity index (χ0v) is 12.7. The van der Waals surface area contributed by atoms with Crippen LogP contribution in [0.3, 0.4) is 0 Å². The number of amides is 1. The lowest BCUT2D eigenvalue weighted by Gasteiger charge is -2.38. The number of nitrogens with zero attached hydrogens (tertiary/aromatic N) is 6. The normalized spacial score (nSPS) is 14.2. The maximum Gasteiger partial charge on any atom is 0.254 e. The number of likely N-dealkylation sites (tertiary alicyclic amines) is 1. The molecule has 8 heteroatoms. The number of carbonyl (C=O) groups excluding carboxylic acids is 1. The molecule has 0 bridgehead atoms. The molecule has 1 aliphatic rings. The first-order chi connectivity index (χ1) is 11.8. The van der Waals surface area contributed by atoms with Crippen molar-refractivity contribution in [3.05, 3.63) is 60.6 Å². The SMILES string of the molecule is O=C(c1cccc(-n2cnnn2)c1)N1CC(Oc2ccccn2)C1. The first-order valence-electron chi connectivity index (χ1n) is 7.50. The molecule has 0 atom stereocenters. The van der Waals surface area contributed by atoms with Gasteiger partial charge < -0.3 is 9.64 Å². The molecule has 2 aromatic heterocycles. The van der Waals surface area contributed by atoms with E-state index in [1.165, 1.54) is 11.0 Å². The lowest BCUT2D eigenvalue weighted by molar-refractivity contribution is 0.0160. The molecule has 120 valence electrons. The molecule has 8 nitrogen and oxygen atoms in total. The van der Waals surface area contributed by atoms with Gasteiger partial charge in [-0.25, -0.2) is 9.67 Å². The number of carbonyl (C=O) groups is 1. The fraction of sp³-hybridized carbons (Fsp3) is 0.188. The molecule has 1 amide bonds. The van der Waals surface area contributed by atoms with Gasteiger partial charge in [0.15, 0.2) is 0 Å². The van der Waals surface area contributed by atoms with Crippen LogP contribution in [0.25, 0.3) is 5.69 Å². The monoisotopic (exact) mass is 322 g/mol. The zero-order valence-electron chi connectivity index (χ0n) is 12.7. The fourth-order valence-corrected chi connectivity index (χ4v) is 2.51. The van der Waals surface area contributed by atoms with Crippen LogP contribution in [0.4, 0.5) is 0 Å². The van der Waals surface area contributed by atoms with Gasteiger partial charge in [-0.05, 0) is 34.7 Å². The Morgan fingerprint density at radius 1 is 1.17 bits per heavy atom. The maximum atomic E-state index is 12.5. The van der Waals surface area contributed by atoms with Gasteiger partial charge in [-0.1, -0.05) is 12.1 Å². The van der Waals surface area contributed by atoms with Crippen molar-refractivity contribution >= 4 is 5.91 Å². The molecule has 0 spiro atoms. The highest BCUT2D eigenvalue weighted by atomic mass is 16.5. The van der Waals surface area contributed by atoms with E-state index < -0.39 is 0 Å². The summed E-state index contributed by atoms with van der Waals surface area (Å²) in [6.45, 7) is 1.09. The molecular weight excluding hydrogens is 308 g/mol. The van der Waals surface area contributed by atoms with Crippen LogP contribution in [-0.4, -0.2) is 55.2 Å². The minimum atomic E-state index is -0.0363. The minimum Gasteiger partial charge on any atom is -0.471 e. The average Bonchev–Trinajstić information content (AvgIpc) is 3.13. The Morgan fingerprint density at radius 2 is 2.08 bits per heavy atom. The predicted molar refractivity (Wildman–Crippen MR) is 83.7 cm³/mol. The topological polar surface area (TPSA) is 86.0 Å². The highest BCUT2D eigenvalue weighted by molar-refractivity contribution is 5.95. The Labute approximate surface area is 137 Å². The number of hydrogen-bond acceptors (Lipinski definition) is 6. The first-order valence-corrected chi connectivity index (χ1v) is 7.50. The second-order valence-electron chi connectivity index (χ2n) is 5.42. The number of benzene rings is 1. The van der Waals surface area contributed by atoms with E-state index >= 15 is 0 Å². The van der Waals surface area contributed by atoms with Crippen molar-refractivity contribution in [2.75, 3.05) is 13.1 Å². The van der Waals surface area contributed by atoms with E-state index in [1.807, 2.05) is 24.3 Å². The van der Waals surface area contributed by atoms with Crippen LogP contribution in [0.2, 0.25) is 0 Å². The Hall–Kier alpha value is -3.29. The number of tetrazole rings is 1. The summed E-state index contributed by atoms with van der Waals surface area (Å²) in [6.07, 6.45) is 3.15. The summed E-state index contributed by atoms with van der Waals surface area (Å²) in [5, 5.41) is 11.0. The van der Waals surface area contributed by atoms with E-state index in [9.17, 15) is 4.79 Å². The number of ether oxygens (including phenoxy) is 1. The summed E-state index contributed by atoms with van der Waals surface area (Å²) in [7, 11) is 0. The van der Waals surface area contributed by atoms with E-state index in [-0.39, 0.29) is 12.0 Å². The van der Waals surface area contributed by atoms with Crippen LogP contribution < -0.4 is 4.74 Å². The fourth-order valence-electron chi connectivity index (χ4n) is 2.51. The van der Waals surface area contributed by atoms with Crippen LogP contribution in [0.1, 0.15) is 10.4 Å². The van der Waals surface area contributed by atoms with E-state index in [4.69, 9.17) is 4.74 Å². The van der Waals surface area contributed by atoms with Gasteiger partial charge in [0.05, 0.1) is 18.8 Å². The van der Waals surface area contributed by atoms with Gasteiger partial charge in [-0.3, -0.25) is 4.79 Å². The third-order valence-electron chi connectivity index (χ3n) is 3.77. The summed E-state index contributed by atoms with van der Waals surface area (Å²) in [5.74, 6) is 0.543. The molecule has 1 saturated heterocycles. The van der Waals surface area contributed by atoms with Crippen molar-refractivity contribution in [1.29, 1.82) is 0 Å². The number of hydrogen-bond donors (Lipinski definition) is 0. The zero-order chi connectivity index (χ0) is 16.4. The van der Waals surface area contributed by atoms with Gasteiger partial charge in [0.1, 0.15) is 12.4 Å². The van der Waals surface area contributed by atoms with Crippen LogP contribution >= 0.6 is 0 Å². The van der Waals surface area contributed by atoms with Crippen LogP contribution in [0, 0.1) is 0 Å². The van der Waals surface area contributed by atoms with Crippen molar-refractivity contribution in [2.45, 2.75) is 6.10 Å². The molecule has 0 aliphatic carbocycles. The highest BCUT2D eigenvalue weighted by Crippen LogP contribution is 2.19. The molecular formula is C16H14N6O2. The number of pyridine rings is 1. The standard InChI is InChI=1S/C16H14N6O2/c23-16(12-4-3-5-13(8-12)22-11-18-19-20-22)21-9-14(10-21)24-15-6-1-2-7-17-15/h1-8,11,14H,9-10H2. The van der Waals surface area contributed by atoms with E-state index in [0.717, 1.165) is 5.69 Å². The lowest BCUT2D eigenvalue weighted by atomic mass is 10.1. The molecule has 1 fully saturated rings. The molecule has 24 heavy (non-hydrogen) atoms. The van der Waals surface area contributed by atoms with E-state index in [1.54, 1.807) is 29.3 Å². The molecule has 4 rings (SSSR count). The quantitative estimate of drug-likeness (QED) is 0.711. The molecule has 0 radical (unpaired) electrons. The predicted octanol–water partition coefficient (Wildman–Crippen LogP) is 0.961. The molecule has 1 aliphatic heterocycles.